The van der Waals surface area contributed by atoms with Crippen LogP contribution in [0, 0.1) is 20.8 Å². The first-order valence-electron chi connectivity index (χ1n) is 9.00. The first-order chi connectivity index (χ1) is 13.9. The third-order valence-corrected chi connectivity index (χ3v) is 6.09. The van der Waals surface area contributed by atoms with E-state index in [-0.39, 0.29) is 19.1 Å². The lowest BCUT2D eigenvalue weighted by Crippen LogP contribution is -2.15. The minimum atomic E-state index is -0.436. The Labute approximate surface area is 177 Å². The minimum absolute atomic E-state index is 0.272. The molecule has 7 nitrogen and oxygen atoms in total. The molecule has 1 N–H and O–H groups in total. The molecular weight excluding hydrogens is 410 g/mol. The normalized spacial score (nSPS) is 10.6. The Morgan fingerprint density at radius 3 is 2.66 bits per heavy atom. The smallest absolute Gasteiger partial charge is 0.341 e. The third-order valence-electron chi connectivity index (χ3n) is 4.31. The molecule has 29 heavy (non-hydrogen) atoms. The summed E-state index contributed by atoms with van der Waals surface area (Å²) in [7, 11) is 0. The molecule has 0 aliphatic carbocycles. The van der Waals surface area contributed by atoms with Crippen molar-refractivity contribution in [1.82, 2.24) is 8.75 Å². The number of benzene rings is 1. The number of hydrogen-bond donors (Lipinski definition) is 1. The second kappa shape index (κ2) is 9.15. The number of esters is 1. The van der Waals surface area contributed by atoms with Crippen LogP contribution in [0.3, 0.4) is 0 Å². The molecule has 0 saturated heterocycles. The minimum Gasteiger partial charge on any atom is -0.487 e. The summed E-state index contributed by atoms with van der Waals surface area (Å²) in [5, 5.41) is 3.32. The molecule has 0 spiro atoms. The number of nitrogens with one attached hydrogen (secondary N) is 1. The summed E-state index contributed by atoms with van der Waals surface area (Å²) in [6, 6.07) is 6.86. The monoisotopic (exact) mass is 431 g/mol. The maximum atomic E-state index is 12.8. The van der Waals surface area contributed by atoms with Crippen LogP contribution in [0.15, 0.2) is 24.3 Å². The van der Waals surface area contributed by atoms with Crippen molar-refractivity contribution in [2.75, 3.05) is 11.9 Å². The van der Waals surface area contributed by atoms with E-state index in [1.807, 2.05) is 20.8 Å². The van der Waals surface area contributed by atoms with Gasteiger partial charge in [0, 0.05) is 10.4 Å². The number of carbonyl (C=O) groups excluding carboxylic acids is 2. The summed E-state index contributed by atoms with van der Waals surface area (Å²) in [6.45, 7) is 7.93. The molecule has 0 aliphatic rings. The summed E-state index contributed by atoms with van der Waals surface area (Å²) in [6.07, 6.45) is 0. The number of carbonyl (C=O) groups is 2. The van der Waals surface area contributed by atoms with Gasteiger partial charge in [0.25, 0.3) is 5.91 Å². The Kier molecular flexibility index (Phi) is 6.60. The van der Waals surface area contributed by atoms with E-state index in [4.69, 9.17) is 9.47 Å². The zero-order valence-electron chi connectivity index (χ0n) is 16.6. The maximum absolute atomic E-state index is 12.8. The fourth-order valence-corrected chi connectivity index (χ4v) is 4.19. The van der Waals surface area contributed by atoms with Crippen molar-refractivity contribution >= 4 is 39.9 Å². The molecule has 0 aliphatic heterocycles. The van der Waals surface area contributed by atoms with Gasteiger partial charge in [0.1, 0.15) is 23.1 Å². The highest BCUT2D eigenvalue weighted by molar-refractivity contribution is 7.16. The molecule has 0 radical (unpaired) electrons. The molecule has 3 rings (SSSR count). The quantitative estimate of drug-likeness (QED) is 0.553. The van der Waals surface area contributed by atoms with Gasteiger partial charge >= 0.3 is 5.97 Å². The first-order valence-corrected chi connectivity index (χ1v) is 10.5. The molecular formula is C20H21N3O4S2. The van der Waals surface area contributed by atoms with E-state index < -0.39 is 5.97 Å². The lowest BCUT2D eigenvalue weighted by Gasteiger charge is -2.09. The number of anilines is 1. The summed E-state index contributed by atoms with van der Waals surface area (Å²) in [4.78, 5) is 26.0. The summed E-state index contributed by atoms with van der Waals surface area (Å²) < 4.78 is 19.2. The van der Waals surface area contributed by atoms with Gasteiger partial charge in [0.05, 0.1) is 29.6 Å². The molecule has 152 valence electrons. The molecule has 2 heterocycles. The van der Waals surface area contributed by atoms with Crippen LogP contribution in [-0.2, 0) is 11.3 Å². The topological polar surface area (TPSA) is 90.4 Å². The Morgan fingerprint density at radius 2 is 1.97 bits per heavy atom. The van der Waals surface area contributed by atoms with Crippen molar-refractivity contribution in [1.29, 1.82) is 0 Å². The zero-order valence-corrected chi connectivity index (χ0v) is 18.2. The fraction of sp³-hybridized carbons (Fsp3) is 0.300. The van der Waals surface area contributed by atoms with Crippen molar-refractivity contribution in [3.8, 4) is 5.75 Å². The first kappa shape index (κ1) is 20.9. The van der Waals surface area contributed by atoms with Gasteiger partial charge in [-0.15, -0.1) is 11.3 Å². The molecule has 9 heteroatoms. The van der Waals surface area contributed by atoms with Gasteiger partial charge < -0.3 is 14.8 Å². The molecule has 3 aromatic rings. The van der Waals surface area contributed by atoms with E-state index in [0.29, 0.717) is 21.9 Å². The molecule has 0 unspecified atom stereocenters. The van der Waals surface area contributed by atoms with Crippen LogP contribution in [0.1, 0.15) is 49.5 Å². The third kappa shape index (κ3) is 4.80. The summed E-state index contributed by atoms with van der Waals surface area (Å²) in [5.41, 5.74) is 3.25. The van der Waals surface area contributed by atoms with E-state index in [1.54, 1.807) is 31.2 Å². The van der Waals surface area contributed by atoms with E-state index in [2.05, 4.69) is 14.1 Å². The van der Waals surface area contributed by atoms with Gasteiger partial charge in [-0.2, -0.15) is 8.75 Å². The van der Waals surface area contributed by atoms with Crippen molar-refractivity contribution in [2.24, 2.45) is 0 Å². The Bertz CT molecular complexity index is 1040. The molecule has 0 atom stereocenters. The van der Waals surface area contributed by atoms with Gasteiger partial charge in [-0.1, -0.05) is 6.07 Å². The number of aryl methyl sites for hydroxylation is 2. The van der Waals surface area contributed by atoms with Gasteiger partial charge in [0.15, 0.2) is 0 Å². The summed E-state index contributed by atoms with van der Waals surface area (Å²) in [5.74, 6) is -0.211. The van der Waals surface area contributed by atoms with Crippen LogP contribution in [0.5, 0.6) is 5.75 Å². The highest BCUT2D eigenvalue weighted by atomic mass is 32.1. The number of hydrogen-bond acceptors (Lipinski definition) is 8. The lowest BCUT2D eigenvalue weighted by molar-refractivity contribution is 0.0527. The molecule has 0 saturated carbocycles. The van der Waals surface area contributed by atoms with Crippen LogP contribution in [0.2, 0.25) is 0 Å². The van der Waals surface area contributed by atoms with Gasteiger partial charge in [-0.05, 0) is 51.5 Å². The Morgan fingerprint density at radius 1 is 1.17 bits per heavy atom. The van der Waals surface area contributed by atoms with E-state index in [1.165, 1.54) is 11.3 Å². The molecule has 1 amide bonds. The standard InChI is InChI=1S/C20H21N3O4S2/c1-5-26-20(25)17-11(2)13(4)28-19(17)21-18(24)14-7-6-8-15(9-14)27-10-16-12(3)22-29-23-16/h6-9H,5,10H2,1-4H3,(H,21,24). The van der Waals surface area contributed by atoms with E-state index in [0.717, 1.165) is 33.6 Å². The SMILES string of the molecule is CCOC(=O)c1c(NC(=O)c2cccc(OCc3nsnc3C)c2)sc(C)c1C. The number of ether oxygens (including phenoxy) is 2. The van der Waals surface area contributed by atoms with E-state index >= 15 is 0 Å². The number of thiophene rings is 1. The van der Waals surface area contributed by atoms with Crippen LogP contribution < -0.4 is 10.1 Å². The number of rotatable bonds is 7. The van der Waals surface area contributed by atoms with Crippen molar-refractivity contribution in [2.45, 2.75) is 34.3 Å². The van der Waals surface area contributed by atoms with Crippen molar-refractivity contribution in [3.63, 3.8) is 0 Å². The predicted molar refractivity (Wildman–Crippen MR) is 113 cm³/mol. The number of aromatic nitrogens is 2. The van der Waals surface area contributed by atoms with Crippen LogP contribution >= 0.6 is 23.1 Å². The molecule has 0 fully saturated rings. The van der Waals surface area contributed by atoms with Crippen molar-refractivity contribution < 1.29 is 19.1 Å². The van der Waals surface area contributed by atoms with Crippen LogP contribution in [-0.4, -0.2) is 27.2 Å². The largest absolute Gasteiger partial charge is 0.487 e. The van der Waals surface area contributed by atoms with Gasteiger partial charge in [-0.3, -0.25) is 4.79 Å². The Balaban J connectivity index is 1.75. The fourth-order valence-electron chi connectivity index (χ4n) is 2.60. The maximum Gasteiger partial charge on any atom is 0.341 e. The highest BCUT2D eigenvalue weighted by Gasteiger charge is 2.22. The average Bonchev–Trinajstić information content (AvgIpc) is 3.23. The molecule has 2 aromatic heterocycles. The predicted octanol–water partition coefficient (Wildman–Crippen LogP) is 4.53. The number of amides is 1. The van der Waals surface area contributed by atoms with Gasteiger partial charge in [0.2, 0.25) is 0 Å². The average molecular weight is 432 g/mol. The Hall–Kier alpha value is -2.78. The van der Waals surface area contributed by atoms with Crippen molar-refractivity contribution in [3.05, 3.63) is 57.2 Å². The second-order valence-electron chi connectivity index (χ2n) is 6.27. The van der Waals surface area contributed by atoms with Crippen LogP contribution in [0.25, 0.3) is 0 Å². The van der Waals surface area contributed by atoms with Crippen LogP contribution in [0.4, 0.5) is 5.00 Å². The second-order valence-corrected chi connectivity index (χ2v) is 8.03. The number of nitrogens with zero attached hydrogens (tertiary/aromatic N) is 2. The summed E-state index contributed by atoms with van der Waals surface area (Å²) >= 11 is 2.49. The molecule has 0 bridgehead atoms. The zero-order chi connectivity index (χ0) is 21.0. The van der Waals surface area contributed by atoms with E-state index in [9.17, 15) is 9.59 Å². The molecule has 1 aromatic carbocycles. The van der Waals surface area contributed by atoms with Gasteiger partial charge in [-0.25, -0.2) is 4.79 Å². The lowest BCUT2D eigenvalue weighted by atomic mass is 10.1. The highest BCUT2D eigenvalue weighted by Crippen LogP contribution is 2.33.